The van der Waals surface area contributed by atoms with E-state index in [0.29, 0.717) is 6.04 Å². The molecule has 4 nitrogen and oxygen atoms in total. The highest BCUT2D eigenvalue weighted by atomic mass is 15.3. The lowest BCUT2D eigenvalue weighted by atomic mass is 10.1. The normalized spacial score (nSPS) is 19.8. The first kappa shape index (κ1) is 18.1. The smallest absolute Gasteiger partial charge is 0.226 e. The number of anilines is 1. The highest BCUT2D eigenvalue weighted by Gasteiger charge is 2.19. The van der Waals surface area contributed by atoms with Crippen molar-refractivity contribution < 1.29 is 0 Å². The third-order valence-corrected chi connectivity index (χ3v) is 5.49. The fraction of sp³-hybridized carbons (Fsp3) is 0.619. The molecule has 1 saturated heterocycles. The topological polar surface area (TPSA) is 41.0 Å². The van der Waals surface area contributed by atoms with Gasteiger partial charge in [-0.2, -0.15) is 0 Å². The van der Waals surface area contributed by atoms with Crippen LogP contribution < -0.4 is 10.2 Å². The summed E-state index contributed by atoms with van der Waals surface area (Å²) in [5, 5.41) is 4.93. The number of aromatic nitrogens is 2. The number of nitrogens with zero attached hydrogens (tertiary/aromatic N) is 3. The van der Waals surface area contributed by atoms with E-state index in [1.807, 2.05) is 0 Å². The molecule has 2 unspecified atom stereocenters. The van der Waals surface area contributed by atoms with Gasteiger partial charge in [0, 0.05) is 24.5 Å². The van der Waals surface area contributed by atoms with Gasteiger partial charge in [-0.05, 0) is 57.2 Å². The Hall–Kier alpha value is -1.68. The van der Waals surface area contributed by atoms with Gasteiger partial charge in [0.2, 0.25) is 5.95 Å². The van der Waals surface area contributed by atoms with Crippen LogP contribution in [0, 0.1) is 19.8 Å². The minimum atomic E-state index is 0.628. The van der Waals surface area contributed by atoms with Crippen LogP contribution in [0.5, 0.6) is 0 Å². The van der Waals surface area contributed by atoms with E-state index in [0.717, 1.165) is 48.1 Å². The minimum Gasteiger partial charge on any atom is -0.341 e. The molecule has 0 bridgehead atoms. The summed E-state index contributed by atoms with van der Waals surface area (Å²) in [5.41, 5.74) is 3.40. The Bertz CT molecular complexity index is 712. The molecule has 4 heteroatoms. The zero-order chi connectivity index (χ0) is 17.8. The standard InChI is InChI=1S/C21H32N4/c1-5-15(2)14-22-18-7-6-11-25(12-10-18)21-23-17(4)19-9-8-16(3)13-20(19)24-21/h8-9,13,15,18,22H,5-7,10-12,14H2,1-4H3. The van der Waals surface area contributed by atoms with Crippen molar-refractivity contribution in [2.75, 3.05) is 24.5 Å². The lowest BCUT2D eigenvalue weighted by molar-refractivity contribution is 0.414. The second kappa shape index (κ2) is 8.13. The summed E-state index contributed by atoms with van der Waals surface area (Å²) >= 11 is 0. The molecule has 0 saturated carbocycles. The van der Waals surface area contributed by atoms with Crippen LogP contribution in [0.1, 0.15) is 50.8 Å². The van der Waals surface area contributed by atoms with Gasteiger partial charge in [0.1, 0.15) is 0 Å². The summed E-state index contributed by atoms with van der Waals surface area (Å²) in [5.74, 6) is 1.66. The summed E-state index contributed by atoms with van der Waals surface area (Å²) in [6, 6.07) is 7.07. The van der Waals surface area contributed by atoms with Crippen LogP contribution in [-0.2, 0) is 0 Å². The Labute approximate surface area is 152 Å². The van der Waals surface area contributed by atoms with Crippen molar-refractivity contribution in [3.8, 4) is 0 Å². The molecule has 1 aromatic carbocycles. The van der Waals surface area contributed by atoms with Gasteiger partial charge in [-0.1, -0.05) is 32.4 Å². The molecule has 1 aliphatic heterocycles. The van der Waals surface area contributed by atoms with Crippen LogP contribution in [0.3, 0.4) is 0 Å². The van der Waals surface area contributed by atoms with E-state index in [-0.39, 0.29) is 0 Å². The molecule has 0 radical (unpaired) electrons. The number of hydrogen-bond donors (Lipinski definition) is 1. The summed E-state index contributed by atoms with van der Waals surface area (Å²) < 4.78 is 0. The van der Waals surface area contributed by atoms with Crippen LogP contribution in [-0.4, -0.2) is 35.6 Å². The van der Waals surface area contributed by atoms with Crippen LogP contribution in [0.15, 0.2) is 18.2 Å². The molecule has 0 spiro atoms. The van der Waals surface area contributed by atoms with Gasteiger partial charge in [0.15, 0.2) is 0 Å². The summed E-state index contributed by atoms with van der Waals surface area (Å²) in [7, 11) is 0. The Balaban J connectivity index is 1.71. The fourth-order valence-corrected chi connectivity index (χ4v) is 3.54. The first-order valence-corrected chi connectivity index (χ1v) is 9.80. The molecule has 25 heavy (non-hydrogen) atoms. The number of rotatable bonds is 5. The Morgan fingerprint density at radius 1 is 1.20 bits per heavy atom. The Morgan fingerprint density at radius 2 is 2.04 bits per heavy atom. The van der Waals surface area contributed by atoms with Gasteiger partial charge in [-0.25, -0.2) is 9.97 Å². The van der Waals surface area contributed by atoms with E-state index in [1.54, 1.807) is 0 Å². The van der Waals surface area contributed by atoms with Crippen molar-refractivity contribution in [2.24, 2.45) is 5.92 Å². The lowest BCUT2D eigenvalue weighted by Gasteiger charge is -2.22. The second-order valence-electron chi connectivity index (χ2n) is 7.67. The molecule has 3 rings (SSSR count). The van der Waals surface area contributed by atoms with Crippen molar-refractivity contribution in [1.29, 1.82) is 0 Å². The molecule has 2 aromatic rings. The highest BCUT2D eigenvalue weighted by molar-refractivity contribution is 5.82. The number of benzene rings is 1. The molecule has 0 amide bonds. The molecule has 2 heterocycles. The number of fused-ring (bicyclic) bond motifs is 1. The molecule has 0 aliphatic carbocycles. The third kappa shape index (κ3) is 4.49. The molecular formula is C21H32N4. The maximum absolute atomic E-state index is 4.87. The molecule has 136 valence electrons. The molecule has 1 aromatic heterocycles. The van der Waals surface area contributed by atoms with E-state index in [1.165, 1.54) is 31.2 Å². The maximum atomic E-state index is 4.87. The largest absolute Gasteiger partial charge is 0.341 e. The van der Waals surface area contributed by atoms with Gasteiger partial charge in [0.05, 0.1) is 11.2 Å². The zero-order valence-electron chi connectivity index (χ0n) is 16.2. The van der Waals surface area contributed by atoms with Gasteiger partial charge in [-0.3, -0.25) is 0 Å². The molecule has 1 fully saturated rings. The van der Waals surface area contributed by atoms with Crippen LogP contribution >= 0.6 is 0 Å². The van der Waals surface area contributed by atoms with Gasteiger partial charge in [-0.15, -0.1) is 0 Å². The molecular weight excluding hydrogens is 308 g/mol. The maximum Gasteiger partial charge on any atom is 0.226 e. The van der Waals surface area contributed by atoms with Crippen molar-refractivity contribution in [1.82, 2.24) is 15.3 Å². The predicted octanol–water partition coefficient (Wildman–Crippen LogP) is 4.24. The van der Waals surface area contributed by atoms with E-state index >= 15 is 0 Å². The molecule has 1 N–H and O–H groups in total. The van der Waals surface area contributed by atoms with E-state index in [9.17, 15) is 0 Å². The number of hydrogen-bond acceptors (Lipinski definition) is 4. The molecule has 2 atom stereocenters. The fourth-order valence-electron chi connectivity index (χ4n) is 3.54. The Morgan fingerprint density at radius 3 is 2.84 bits per heavy atom. The van der Waals surface area contributed by atoms with Crippen LogP contribution in [0.2, 0.25) is 0 Å². The van der Waals surface area contributed by atoms with Crippen LogP contribution in [0.4, 0.5) is 5.95 Å². The predicted molar refractivity (Wildman–Crippen MR) is 106 cm³/mol. The minimum absolute atomic E-state index is 0.628. The monoisotopic (exact) mass is 340 g/mol. The Kier molecular flexibility index (Phi) is 5.89. The SMILES string of the molecule is CCC(C)CNC1CCCN(c2nc(C)c3ccc(C)cc3n2)CC1. The van der Waals surface area contributed by atoms with Gasteiger partial charge >= 0.3 is 0 Å². The van der Waals surface area contributed by atoms with E-state index < -0.39 is 0 Å². The van der Waals surface area contributed by atoms with Crippen molar-refractivity contribution in [3.05, 3.63) is 29.5 Å². The number of aryl methyl sites for hydroxylation is 2. The van der Waals surface area contributed by atoms with E-state index in [4.69, 9.17) is 9.97 Å². The lowest BCUT2D eigenvalue weighted by Crippen LogP contribution is -2.34. The first-order valence-electron chi connectivity index (χ1n) is 9.80. The van der Waals surface area contributed by atoms with E-state index in [2.05, 4.69) is 56.1 Å². The van der Waals surface area contributed by atoms with Crippen LogP contribution in [0.25, 0.3) is 10.9 Å². The van der Waals surface area contributed by atoms with Crippen molar-refractivity contribution >= 4 is 16.9 Å². The van der Waals surface area contributed by atoms with Gasteiger partial charge < -0.3 is 10.2 Å². The summed E-state index contributed by atoms with van der Waals surface area (Å²) in [6.07, 6.45) is 4.87. The second-order valence-corrected chi connectivity index (χ2v) is 7.67. The van der Waals surface area contributed by atoms with Crippen molar-refractivity contribution in [3.63, 3.8) is 0 Å². The zero-order valence-corrected chi connectivity index (χ0v) is 16.2. The highest BCUT2D eigenvalue weighted by Crippen LogP contribution is 2.22. The van der Waals surface area contributed by atoms with Gasteiger partial charge in [0.25, 0.3) is 0 Å². The number of nitrogens with one attached hydrogen (secondary N) is 1. The third-order valence-electron chi connectivity index (χ3n) is 5.49. The quantitative estimate of drug-likeness (QED) is 0.884. The molecule has 1 aliphatic rings. The summed E-state index contributed by atoms with van der Waals surface area (Å²) in [4.78, 5) is 12.0. The average Bonchev–Trinajstić information content (AvgIpc) is 2.84. The van der Waals surface area contributed by atoms with Crippen molar-refractivity contribution in [2.45, 2.75) is 59.4 Å². The summed E-state index contributed by atoms with van der Waals surface area (Å²) in [6.45, 7) is 12.0. The first-order chi connectivity index (χ1) is 12.1. The average molecular weight is 341 g/mol.